The van der Waals surface area contributed by atoms with Gasteiger partial charge in [-0.1, -0.05) is 0 Å². The van der Waals surface area contributed by atoms with Crippen molar-refractivity contribution in [2.45, 2.75) is 6.61 Å². The monoisotopic (exact) mass is 234 g/mol. The maximum atomic E-state index is 5.36. The second-order valence-electron chi connectivity index (χ2n) is 3.52. The van der Waals surface area contributed by atoms with Crippen molar-refractivity contribution in [3.05, 3.63) is 24.0 Å². The number of ether oxygens (including phenoxy) is 1. The zero-order valence-electron chi connectivity index (χ0n) is 9.71. The van der Waals surface area contributed by atoms with E-state index in [-0.39, 0.29) is 0 Å². The van der Waals surface area contributed by atoms with Crippen molar-refractivity contribution in [1.29, 1.82) is 0 Å². The molecule has 17 heavy (non-hydrogen) atoms. The van der Waals surface area contributed by atoms with E-state index >= 15 is 0 Å². The summed E-state index contributed by atoms with van der Waals surface area (Å²) in [5, 5.41) is 4.24. The molecule has 0 saturated carbocycles. The molecule has 7 heteroatoms. The van der Waals surface area contributed by atoms with Crippen LogP contribution in [0.25, 0.3) is 11.5 Å². The quantitative estimate of drug-likeness (QED) is 0.584. The molecule has 0 unspecified atom stereocenters. The van der Waals surface area contributed by atoms with Gasteiger partial charge < -0.3 is 10.2 Å². The summed E-state index contributed by atoms with van der Waals surface area (Å²) in [4.78, 5) is 8.59. The molecule has 7 nitrogen and oxygen atoms in total. The predicted octanol–water partition coefficient (Wildman–Crippen LogP) is 0.309. The van der Waals surface area contributed by atoms with E-state index < -0.39 is 0 Å². The fourth-order valence-electron chi connectivity index (χ4n) is 1.44. The van der Waals surface area contributed by atoms with E-state index in [1.165, 1.54) is 0 Å². The molecule has 90 valence electrons. The maximum absolute atomic E-state index is 5.36. The minimum Gasteiger partial charge on any atom is -0.378 e. The molecule has 0 bridgehead atoms. The molecule has 2 aromatic rings. The molecule has 0 aliphatic heterocycles. The number of methoxy groups -OCH3 is 1. The summed E-state index contributed by atoms with van der Waals surface area (Å²) >= 11 is 0. The summed E-state index contributed by atoms with van der Waals surface area (Å²) in [6.45, 7) is 0.400. The predicted molar refractivity (Wildman–Crippen MR) is 62.8 cm³/mol. The molecule has 0 aromatic carbocycles. The van der Waals surface area contributed by atoms with Gasteiger partial charge >= 0.3 is 0 Å². The molecule has 0 amide bonds. The van der Waals surface area contributed by atoms with Gasteiger partial charge in [0.15, 0.2) is 5.82 Å². The van der Waals surface area contributed by atoms with Crippen LogP contribution in [0.3, 0.4) is 0 Å². The largest absolute Gasteiger partial charge is 0.378 e. The van der Waals surface area contributed by atoms with Gasteiger partial charge in [-0.15, -0.1) is 0 Å². The second kappa shape index (κ2) is 4.89. The third-order valence-electron chi connectivity index (χ3n) is 2.16. The number of hydrogen-bond donors (Lipinski definition) is 2. The van der Waals surface area contributed by atoms with Gasteiger partial charge in [-0.05, 0) is 6.07 Å². The van der Waals surface area contributed by atoms with Crippen LogP contribution in [-0.4, -0.2) is 26.9 Å². The lowest BCUT2D eigenvalue weighted by molar-refractivity contribution is 0.181. The summed E-state index contributed by atoms with van der Waals surface area (Å²) in [6.07, 6.45) is 1.83. The Labute approximate surface area is 98.6 Å². The first-order valence-corrected chi connectivity index (χ1v) is 5.06. The summed E-state index contributed by atoms with van der Waals surface area (Å²) < 4.78 is 6.73. The third kappa shape index (κ3) is 2.58. The third-order valence-corrected chi connectivity index (χ3v) is 2.16. The molecule has 2 aromatic heterocycles. The number of anilines is 1. The Morgan fingerprint density at radius 1 is 1.47 bits per heavy atom. The van der Waals surface area contributed by atoms with Gasteiger partial charge in [0.05, 0.1) is 12.3 Å². The van der Waals surface area contributed by atoms with Gasteiger partial charge in [-0.3, -0.25) is 4.68 Å². The van der Waals surface area contributed by atoms with Crippen LogP contribution in [-0.2, 0) is 18.4 Å². The Hall–Kier alpha value is -1.99. The summed E-state index contributed by atoms with van der Waals surface area (Å²) in [6, 6.07) is 3.57. The molecular weight excluding hydrogens is 220 g/mol. The number of nitrogens with one attached hydrogen (secondary N) is 1. The second-order valence-corrected chi connectivity index (χ2v) is 3.52. The first-order valence-electron chi connectivity index (χ1n) is 5.06. The molecule has 0 radical (unpaired) electrons. The van der Waals surface area contributed by atoms with Gasteiger partial charge in [-0.25, -0.2) is 15.8 Å². The van der Waals surface area contributed by atoms with E-state index in [2.05, 4.69) is 20.5 Å². The Kier molecular flexibility index (Phi) is 3.31. The van der Waals surface area contributed by atoms with Crippen LogP contribution in [0.1, 0.15) is 5.69 Å². The zero-order chi connectivity index (χ0) is 12.3. The molecule has 0 aliphatic carbocycles. The maximum Gasteiger partial charge on any atom is 0.182 e. The van der Waals surface area contributed by atoms with Crippen LogP contribution >= 0.6 is 0 Å². The van der Waals surface area contributed by atoms with Gasteiger partial charge in [0.2, 0.25) is 0 Å². The smallest absolute Gasteiger partial charge is 0.182 e. The Bertz CT molecular complexity index is 509. The van der Waals surface area contributed by atoms with Crippen molar-refractivity contribution < 1.29 is 4.74 Å². The average molecular weight is 234 g/mol. The van der Waals surface area contributed by atoms with Crippen LogP contribution in [0.2, 0.25) is 0 Å². The van der Waals surface area contributed by atoms with E-state index in [1.807, 2.05) is 19.3 Å². The van der Waals surface area contributed by atoms with Crippen LogP contribution < -0.4 is 11.3 Å². The standard InChI is InChI=1S/C10H14N6O/c1-16-4-3-8(15-16)10-12-7(6-17-2)5-9(13-10)14-11/h3-5H,6,11H2,1-2H3,(H,12,13,14). The molecule has 2 rings (SSSR count). The lowest BCUT2D eigenvalue weighted by Crippen LogP contribution is -2.11. The van der Waals surface area contributed by atoms with E-state index in [1.54, 1.807) is 17.9 Å². The highest BCUT2D eigenvalue weighted by atomic mass is 16.5. The van der Waals surface area contributed by atoms with Gasteiger partial charge in [0.1, 0.15) is 11.5 Å². The van der Waals surface area contributed by atoms with Crippen molar-refractivity contribution >= 4 is 5.82 Å². The van der Waals surface area contributed by atoms with E-state index in [0.717, 1.165) is 5.69 Å². The summed E-state index contributed by atoms with van der Waals surface area (Å²) in [5.41, 5.74) is 3.94. The zero-order valence-corrected chi connectivity index (χ0v) is 9.71. The van der Waals surface area contributed by atoms with Gasteiger partial charge in [0, 0.05) is 26.4 Å². The van der Waals surface area contributed by atoms with Crippen LogP contribution in [0.4, 0.5) is 5.82 Å². The average Bonchev–Trinajstić information content (AvgIpc) is 2.76. The molecule has 0 atom stereocenters. The summed E-state index contributed by atoms with van der Waals surface area (Å²) in [7, 11) is 3.45. The Morgan fingerprint density at radius 3 is 2.88 bits per heavy atom. The van der Waals surface area contributed by atoms with Crippen molar-refractivity contribution in [3.8, 4) is 11.5 Å². The number of rotatable bonds is 4. The number of aryl methyl sites for hydroxylation is 1. The SMILES string of the molecule is COCc1cc(NN)nc(-c2ccn(C)n2)n1. The van der Waals surface area contributed by atoms with Crippen molar-refractivity contribution in [2.24, 2.45) is 12.9 Å². The molecular formula is C10H14N6O. The summed E-state index contributed by atoms with van der Waals surface area (Å²) in [5.74, 6) is 6.42. The van der Waals surface area contributed by atoms with Gasteiger partial charge in [-0.2, -0.15) is 5.10 Å². The fraction of sp³-hybridized carbons (Fsp3) is 0.300. The topological polar surface area (TPSA) is 90.9 Å². The molecule has 0 spiro atoms. The number of hydrazine groups is 1. The molecule has 0 aliphatic rings. The van der Waals surface area contributed by atoms with Crippen molar-refractivity contribution in [1.82, 2.24) is 19.7 Å². The number of aromatic nitrogens is 4. The number of nitrogens with two attached hydrogens (primary N) is 1. The van der Waals surface area contributed by atoms with Crippen molar-refractivity contribution in [2.75, 3.05) is 12.5 Å². The Balaban J connectivity index is 2.42. The Morgan fingerprint density at radius 2 is 2.29 bits per heavy atom. The van der Waals surface area contributed by atoms with Crippen LogP contribution in [0.5, 0.6) is 0 Å². The first-order chi connectivity index (χ1) is 8.22. The van der Waals surface area contributed by atoms with Crippen molar-refractivity contribution in [3.63, 3.8) is 0 Å². The highest BCUT2D eigenvalue weighted by molar-refractivity contribution is 5.52. The lowest BCUT2D eigenvalue weighted by atomic mass is 10.3. The van der Waals surface area contributed by atoms with Crippen LogP contribution in [0, 0.1) is 0 Å². The highest BCUT2D eigenvalue weighted by Gasteiger charge is 2.08. The molecule has 0 saturated heterocycles. The molecule has 2 heterocycles. The number of nitrogens with zero attached hydrogens (tertiary/aromatic N) is 4. The minimum atomic E-state index is 0.400. The normalized spacial score (nSPS) is 10.5. The van der Waals surface area contributed by atoms with Gasteiger partial charge in [0.25, 0.3) is 0 Å². The lowest BCUT2D eigenvalue weighted by Gasteiger charge is -2.05. The first kappa shape index (κ1) is 11.5. The molecule has 3 N–H and O–H groups in total. The molecule has 0 fully saturated rings. The minimum absolute atomic E-state index is 0.400. The van der Waals surface area contributed by atoms with E-state index in [9.17, 15) is 0 Å². The van der Waals surface area contributed by atoms with Crippen LogP contribution in [0.15, 0.2) is 18.3 Å². The number of nitrogen functional groups attached to an aromatic ring is 1. The fourth-order valence-corrected chi connectivity index (χ4v) is 1.44. The van der Waals surface area contributed by atoms with E-state index in [4.69, 9.17) is 10.6 Å². The van der Waals surface area contributed by atoms with E-state index in [0.29, 0.717) is 23.9 Å². The highest BCUT2D eigenvalue weighted by Crippen LogP contribution is 2.15. The number of hydrogen-bond acceptors (Lipinski definition) is 6.